The van der Waals surface area contributed by atoms with Gasteiger partial charge < -0.3 is 9.62 Å². The predicted octanol–water partition coefficient (Wildman–Crippen LogP) is 5.39. The third kappa shape index (κ3) is 13.7. The van der Waals surface area contributed by atoms with Crippen LogP contribution in [0.15, 0.2) is 29.3 Å². The molecule has 0 saturated carbocycles. The Bertz CT molecular complexity index is 532. The summed E-state index contributed by atoms with van der Waals surface area (Å²) in [5, 5.41) is 10.6. The normalized spacial score (nSPS) is 10.1. The topological polar surface area (TPSA) is 100 Å². The zero-order valence-electron chi connectivity index (χ0n) is 15.1. The minimum atomic E-state index is -0.809. The summed E-state index contributed by atoms with van der Waals surface area (Å²) in [5.74, 6) is -0.531. The molecule has 8 nitrogen and oxygen atoms in total. The lowest BCUT2D eigenvalue weighted by molar-refractivity contribution is -0.384. The van der Waals surface area contributed by atoms with E-state index in [0.717, 1.165) is 24.8 Å². The average Bonchev–Trinajstić information content (AvgIpc) is 2.65. The molecule has 1 rings (SSSR count). The third-order valence-electron chi connectivity index (χ3n) is 2.98. The number of methoxy groups -OCH3 is 1. The van der Waals surface area contributed by atoms with E-state index in [0.29, 0.717) is 6.61 Å². The zero-order valence-corrected chi connectivity index (χ0v) is 15.1. The van der Waals surface area contributed by atoms with Crippen LogP contribution in [0.3, 0.4) is 0 Å². The van der Waals surface area contributed by atoms with Crippen molar-refractivity contribution in [3.05, 3.63) is 39.9 Å². The van der Waals surface area contributed by atoms with E-state index >= 15 is 0 Å². The van der Waals surface area contributed by atoms with Gasteiger partial charge in [-0.05, 0) is 12.0 Å². The molecule has 0 aromatic heterocycles. The number of ether oxygens (including phenoxy) is 1. The van der Waals surface area contributed by atoms with Gasteiger partial charge in [0.2, 0.25) is 6.40 Å². The Labute approximate surface area is 170 Å². The van der Waals surface area contributed by atoms with Gasteiger partial charge in [0.25, 0.3) is 5.69 Å². The van der Waals surface area contributed by atoms with E-state index in [1.807, 2.05) is 20.8 Å². The number of unbranched alkanes of at least 4 members (excludes halogenated alkanes) is 1. The minimum absolute atomic E-state index is 0. The van der Waals surface area contributed by atoms with Crippen molar-refractivity contribution in [3.8, 4) is 0 Å². The number of rotatable bonds is 10. The number of aliphatic imine (C=N–C) groups is 1. The maximum atomic E-state index is 11.7. The first-order valence-electron chi connectivity index (χ1n) is 8.19. The van der Waals surface area contributed by atoms with Gasteiger partial charge in [-0.25, -0.2) is 9.79 Å². The fourth-order valence-corrected chi connectivity index (χ4v) is 1.69. The van der Waals surface area contributed by atoms with Crippen molar-refractivity contribution >= 4 is 18.1 Å². The van der Waals surface area contributed by atoms with E-state index in [2.05, 4.69) is 9.73 Å². The fourth-order valence-electron chi connectivity index (χ4n) is 1.69. The molecule has 0 fully saturated rings. The Kier molecular flexibility index (Phi) is 24.6. The number of nitrogens with zero attached hydrogens (tertiary/aromatic N) is 2. The molecule has 0 aliphatic heterocycles. The van der Waals surface area contributed by atoms with Gasteiger partial charge in [0.15, 0.2) is 6.04 Å². The Morgan fingerprint density at radius 2 is 1.79 bits per heavy atom. The molecule has 1 atom stereocenters. The first-order chi connectivity index (χ1) is 12.1. The summed E-state index contributed by atoms with van der Waals surface area (Å²) in [6.45, 7) is 6.46. The molecule has 0 amide bonds. The molecule has 0 spiro atoms. The summed E-state index contributed by atoms with van der Waals surface area (Å²) in [5.41, 5.74) is 0.703. The standard InChI is InChI=1S/C15H20N2O6.C2H6.3CH4/c1-3-4-9-22-23-11-16-14(15(18)21-2)10-12-5-7-13(8-6-12)17(19)20;1-2;;;/h5-8,11,14H,3-4,9-10H2,1-2H3;1-2H3;3*1H4/t14-;;;;/m0..../s1. The highest BCUT2D eigenvalue weighted by atomic mass is 17.2. The second kappa shape index (κ2) is 20.8. The fraction of sp³-hybridized carbons (Fsp3) is 0.600. The quantitative estimate of drug-likeness (QED) is 0.0989. The molecular formula is C20H38N2O6. The van der Waals surface area contributed by atoms with Gasteiger partial charge in [0, 0.05) is 18.6 Å². The van der Waals surface area contributed by atoms with Crippen molar-refractivity contribution < 1.29 is 24.2 Å². The lowest BCUT2D eigenvalue weighted by Gasteiger charge is -2.09. The molecule has 0 bridgehead atoms. The number of hydrogen-bond donors (Lipinski definition) is 0. The number of nitro groups is 1. The molecular weight excluding hydrogens is 364 g/mol. The molecule has 0 radical (unpaired) electrons. The van der Waals surface area contributed by atoms with Crippen LogP contribution in [0.25, 0.3) is 0 Å². The van der Waals surface area contributed by atoms with Crippen LogP contribution >= 0.6 is 0 Å². The Hall–Kier alpha value is -2.48. The highest BCUT2D eigenvalue weighted by molar-refractivity contribution is 5.77. The van der Waals surface area contributed by atoms with Crippen LogP contribution in [-0.4, -0.2) is 37.1 Å². The molecule has 0 N–H and O–H groups in total. The Morgan fingerprint density at radius 1 is 1.21 bits per heavy atom. The van der Waals surface area contributed by atoms with Gasteiger partial charge in [-0.15, -0.1) is 0 Å². The maximum absolute atomic E-state index is 11.7. The molecule has 0 unspecified atom stereocenters. The molecule has 1 aromatic carbocycles. The van der Waals surface area contributed by atoms with Crippen molar-refractivity contribution in [1.29, 1.82) is 0 Å². The number of non-ortho nitro benzene ring substituents is 1. The summed E-state index contributed by atoms with van der Waals surface area (Å²) >= 11 is 0. The van der Waals surface area contributed by atoms with E-state index < -0.39 is 16.9 Å². The molecule has 0 saturated heterocycles. The number of nitro benzene ring substituents is 1. The molecule has 28 heavy (non-hydrogen) atoms. The third-order valence-corrected chi connectivity index (χ3v) is 2.98. The van der Waals surface area contributed by atoms with Gasteiger partial charge in [-0.2, -0.15) is 4.89 Å². The number of benzene rings is 1. The second-order valence-corrected chi connectivity index (χ2v) is 4.69. The van der Waals surface area contributed by atoms with Crippen LogP contribution in [0.2, 0.25) is 0 Å². The summed E-state index contributed by atoms with van der Waals surface area (Å²) < 4.78 is 4.68. The van der Waals surface area contributed by atoms with Crippen molar-refractivity contribution in [2.45, 2.75) is 68.4 Å². The van der Waals surface area contributed by atoms with Crippen LogP contribution in [0, 0.1) is 10.1 Å². The van der Waals surface area contributed by atoms with Crippen molar-refractivity contribution in [3.63, 3.8) is 0 Å². The van der Waals surface area contributed by atoms with Crippen LogP contribution in [-0.2, 0) is 25.7 Å². The lowest BCUT2D eigenvalue weighted by atomic mass is 10.1. The second-order valence-electron chi connectivity index (χ2n) is 4.69. The highest BCUT2D eigenvalue weighted by Gasteiger charge is 2.19. The average molecular weight is 403 g/mol. The Balaban J connectivity index is -0.000000557. The van der Waals surface area contributed by atoms with Crippen molar-refractivity contribution in [1.82, 2.24) is 0 Å². The van der Waals surface area contributed by atoms with Crippen molar-refractivity contribution in [2.24, 2.45) is 4.99 Å². The molecule has 8 heteroatoms. The SMILES string of the molecule is C.C.C.CC.CCCCOOC=N[C@@H](Cc1ccc([N+](=O)[O-])cc1)C(=O)OC. The minimum Gasteiger partial charge on any atom is -0.467 e. The largest absolute Gasteiger partial charge is 0.467 e. The number of carbonyl (C=O) groups excluding carboxylic acids is 1. The summed E-state index contributed by atoms with van der Waals surface area (Å²) in [6, 6.07) is 5.08. The summed E-state index contributed by atoms with van der Waals surface area (Å²) in [6.07, 6.45) is 3.13. The number of carbonyl (C=O) groups is 1. The van der Waals surface area contributed by atoms with Crippen LogP contribution in [0.4, 0.5) is 5.69 Å². The lowest BCUT2D eigenvalue weighted by Crippen LogP contribution is -2.23. The number of esters is 1. The smallest absolute Gasteiger partial charge is 0.331 e. The Morgan fingerprint density at radius 3 is 2.25 bits per heavy atom. The molecule has 0 aliphatic carbocycles. The van der Waals surface area contributed by atoms with Gasteiger partial charge in [0.1, 0.15) is 0 Å². The highest BCUT2D eigenvalue weighted by Crippen LogP contribution is 2.14. The maximum Gasteiger partial charge on any atom is 0.331 e. The molecule has 164 valence electrons. The zero-order chi connectivity index (χ0) is 19.1. The van der Waals surface area contributed by atoms with E-state index in [9.17, 15) is 14.9 Å². The summed E-state index contributed by atoms with van der Waals surface area (Å²) in [4.78, 5) is 35.4. The predicted molar refractivity (Wildman–Crippen MR) is 115 cm³/mol. The van der Waals surface area contributed by atoms with Crippen LogP contribution < -0.4 is 0 Å². The monoisotopic (exact) mass is 402 g/mol. The van der Waals surface area contributed by atoms with E-state index in [-0.39, 0.29) is 34.4 Å². The first-order valence-corrected chi connectivity index (χ1v) is 8.19. The molecule has 0 aliphatic rings. The van der Waals surface area contributed by atoms with E-state index in [1.165, 1.54) is 19.2 Å². The molecule has 1 aromatic rings. The number of hydrogen-bond acceptors (Lipinski definition) is 7. The van der Waals surface area contributed by atoms with E-state index in [1.54, 1.807) is 12.1 Å². The van der Waals surface area contributed by atoms with Crippen LogP contribution in [0.5, 0.6) is 0 Å². The van der Waals surface area contributed by atoms with Gasteiger partial charge in [-0.3, -0.25) is 10.1 Å². The molecule has 0 heterocycles. The first kappa shape index (κ1) is 33.1. The van der Waals surface area contributed by atoms with E-state index in [4.69, 9.17) is 9.78 Å². The van der Waals surface area contributed by atoms with Crippen LogP contribution in [0.1, 0.15) is 61.5 Å². The van der Waals surface area contributed by atoms with Gasteiger partial charge in [-0.1, -0.05) is 61.6 Å². The van der Waals surface area contributed by atoms with Crippen molar-refractivity contribution in [2.75, 3.05) is 13.7 Å². The van der Waals surface area contributed by atoms with Gasteiger partial charge >= 0.3 is 5.97 Å². The van der Waals surface area contributed by atoms with Gasteiger partial charge in [0.05, 0.1) is 18.6 Å². The summed E-state index contributed by atoms with van der Waals surface area (Å²) in [7, 11) is 1.26.